The van der Waals surface area contributed by atoms with E-state index in [1.165, 1.54) is 23.4 Å². The quantitative estimate of drug-likeness (QED) is 0.638. The highest BCUT2D eigenvalue weighted by atomic mass is 32.2. The molecule has 180 valence electrons. The summed E-state index contributed by atoms with van der Waals surface area (Å²) in [7, 11) is -3.54. The number of carbonyl (C=O) groups is 1. The van der Waals surface area contributed by atoms with E-state index >= 15 is 0 Å². The third kappa shape index (κ3) is 5.89. The summed E-state index contributed by atoms with van der Waals surface area (Å²) in [6.45, 7) is 7.57. The van der Waals surface area contributed by atoms with Crippen LogP contribution in [0.2, 0.25) is 0 Å². The molecular weight excluding hydrogens is 451 g/mol. The smallest absolute Gasteiger partial charge is 0.407 e. The minimum absolute atomic E-state index is 0.106. The van der Waals surface area contributed by atoms with Gasteiger partial charge in [0.2, 0.25) is 5.88 Å². The molecule has 9 nitrogen and oxygen atoms in total. The molecule has 3 rings (SSSR count). The van der Waals surface area contributed by atoms with Crippen LogP contribution in [-0.4, -0.2) is 66.4 Å². The number of benzene rings is 1. The second kappa shape index (κ2) is 9.90. The van der Waals surface area contributed by atoms with Gasteiger partial charge in [-0.15, -0.1) is 0 Å². The van der Waals surface area contributed by atoms with Crippen molar-refractivity contribution < 1.29 is 27.4 Å². The fourth-order valence-electron chi connectivity index (χ4n) is 3.84. The fourth-order valence-corrected chi connectivity index (χ4v) is 4.48. The van der Waals surface area contributed by atoms with Crippen LogP contribution in [0.3, 0.4) is 0 Å². The lowest BCUT2D eigenvalue weighted by Gasteiger charge is -2.36. The van der Waals surface area contributed by atoms with Crippen LogP contribution in [0.25, 0.3) is 0 Å². The van der Waals surface area contributed by atoms with Gasteiger partial charge >= 0.3 is 6.09 Å². The highest BCUT2D eigenvalue weighted by molar-refractivity contribution is 7.90. The van der Waals surface area contributed by atoms with Crippen molar-refractivity contribution in [3.05, 3.63) is 35.9 Å². The molecule has 0 bridgehead atoms. The van der Waals surface area contributed by atoms with Crippen molar-refractivity contribution in [2.24, 2.45) is 5.92 Å². The average molecular weight is 481 g/mol. The predicted octanol–water partition coefficient (Wildman–Crippen LogP) is 3.72. The van der Waals surface area contributed by atoms with Crippen molar-refractivity contribution >= 4 is 21.7 Å². The lowest BCUT2D eigenvalue weighted by atomic mass is 9.96. The van der Waals surface area contributed by atoms with E-state index in [1.54, 1.807) is 6.92 Å². The van der Waals surface area contributed by atoms with Crippen LogP contribution in [0.5, 0.6) is 11.6 Å². The summed E-state index contributed by atoms with van der Waals surface area (Å²) in [5, 5.41) is 9.16. The van der Waals surface area contributed by atoms with Gasteiger partial charge in [-0.3, -0.25) is 0 Å². The summed E-state index contributed by atoms with van der Waals surface area (Å²) in [5.41, 5.74) is 0.626. The predicted molar refractivity (Wildman–Crippen MR) is 121 cm³/mol. The van der Waals surface area contributed by atoms with Gasteiger partial charge in [-0.25, -0.2) is 27.6 Å². The highest BCUT2D eigenvalue weighted by Gasteiger charge is 2.27. The molecule has 1 N–H and O–H groups in total. The Balaban J connectivity index is 1.81. The minimum atomic E-state index is -3.54. The Morgan fingerprint density at radius 1 is 1.30 bits per heavy atom. The Kier molecular flexibility index (Phi) is 7.41. The van der Waals surface area contributed by atoms with E-state index in [0.717, 1.165) is 25.2 Å². The number of hydrogen-bond donors (Lipinski definition) is 1. The van der Waals surface area contributed by atoms with Gasteiger partial charge in [-0.2, -0.15) is 0 Å². The van der Waals surface area contributed by atoms with Crippen LogP contribution in [0, 0.1) is 18.7 Å². The SMILES string of the molecule is Cc1c(Oc2ccc(S(C)(=O)=O)cc2F)ncnc1N(CC1CCN(C(=O)O)CC1)C(C)C. The average Bonchev–Trinajstić information content (AvgIpc) is 2.74. The number of piperidine rings is 1. The zero-order chi connectivity index (χ0) is 24.3. The van der Waals surface area contributed by atoms with Crippen molar-refractivity contribution in [2.45, 2.75) is 44.6 Å². The van der Waals surface area contributed by atoms with E-state index in [0.29, 0.717) is 36.9 Å². The second-order valence-corrected chi connectivity index (χ2v) is 10.6. The fraction of sp³-hybridized carbons (Fsp3) is 0.500. The molecule has 1 aromatic carbocycles. The van der Waals surface area contributed by atoms with Crippen molar-refractivity contribution in [2.75, 3.05) is 30.8 Å². The normalized spacial score (nSPS) is 15.0. The number of nitrogens with zero attached hydrogens (tertiary/aromatic N) is 4. The highest BCUT2D eigenvalue weighted by Crippen LogP contribution is 2.32. The molecule has 33 heavy (non-hydrogen) atoms. The first-order valence-corrected chi connectivity index (χ1v) is 12.6. The summed E-state index contributed by atoms with van der Waals surface area (Å²) in [4.78, 5) is 23.2. The van der Waals surface area contributed by atoms with E-state index in [2.05, 4.69) is 14.9 Å². The Bertz CT molecular complexity index is 1120. The zero-order valence-electron chi connectivity index (χ0n) is 19.2. The first kappa shape index (κ1) is 24.7. The van der Waals surface area contributed by atoms with Crippen molar-refractivity contribution in [3.8, 4) is 11.6 Å². The Morgan fingerprint density at radius 3 is 2.52 bits per heavy atom. The number of amides is 1. The van der Waals surface area contributed by atoms with Gasteiger partial charge in [0.1, 0.15) is 12.1 Å². The monoisotopic (exact) mass is 480 g/mol. The summed E-state index contributed by atoms with van der Waals surface area (Å²) in [6.07, 6.45) is 3.00. The van der Waals surface area contributed by atoms with Crippen molar-refractivity contribution in [1.82, 2.24) is 14.9 Å². The Morgan fingerprint density at radius 2 is 1.97 bits per heavy atom. The number of anilines is 1. The minimum Gasteiger partial charge on any atom is -0.465 e. The van der Waals surface area contributed by atoms with Crippen LogP contribution in [-0.2, 0) is 9.84 Å². The third-order valence-electron chi connectivity index (χ3n) is 5.78. The van der Waals surface area contributed by atoms with E-state index in [-0.39, 0.29) is 22.6 Å². The molecule has 2 aromatic rings. The van der Waals surface area contributed by atoms with Crippen LogP contribution in [0.1, 0.15) is 32.3 Å². The number of ether oxygens (including phenoxy) is 1. The molecule has 2 heterocycles. The summed E-state index contributed by atoms with van der Waals surface area (Å²) >= 11 is 0. The maximum absolute atomic E-state index is 14.5. The molecule has 11 heteroatoms. The van der Waals surface area contributed by atoms with Gasteiger partial charge in [-0.05, 0) is 57.7 Å². The number of likely N-dealkylation sites (tertiary alicyclic amines) is 1. The van der Waals surface area contributed by atoms with Gasteiger partial charge in [0, 0.05) is 31.9 Å². The Hall–Kier alpha value is -2.95. The molecular formula is C22H29FN4O5S. The molecule has 0 radical (unpaired) electrons. The molecule has 1 fully saturated rings. The zero-order valence-corrected chi connectivity index (χ0v) is 20.0. The largest absolute Gasteiger partial charge is 0.465 e. The number of hydrogen-bond acceptors (Lipinski definition) is 7. The number of halogens is 1. The second-order valence-electron chi connectivity index (χ2n) is 8.55. The maximum Gasteiger partial charge on any atom is 0.407 e. The van der Waals surface area contributed by atoms with Gasteiger partial charge in [-0.1, -0.05) is 0 Å². The molecule has 1 amide bonds. The van der Waals surface area contributed by atoms with Crippen molar-refractivity contribution in [1.29, 1.82) is 0 Å². The number of sulfone groups is 1. The topological polar surface area (TPSA) is 113 Å². The van der Waals surface area contributed by atoms with Crippen LogP contribution >= 0.6 is 0 Å². The van der Waals surface area contributed by atoms with Gasteiger partial charge in [0.05, 0.1) is 10.5 Å². The van der Waals surface area contributed by atoms with Gasteiger partial charge in [0.15, 0.2) is 21.4 Å². The third-order valence-corrected chi connectivity index (χ3v) is 6.89. The van der Waals surface area contributed by atoms with E-state index in [9.17, 15) is 17.6 Å². The molecule has 0 unspecified atom stereocenters. The maximum atomic E-state index is 14.5. The van der Waals surface area contributed by atoms with Gasteiger partial charge < -0.3 is 19.6 Å². The molecule has 0 saturated carbocycles. The van der Waals surface area contributed by atoms with E-state index < -0.39 is 21.7 Å². The summed E-state index contributed by atoms with van der Waals surface area (Å²) in [5.74, 6) is 0.208. The first-order chi connectivity index (χ1) is 15.5. The summed E-state index contributed by atoms with van der Waals surface area (Å²) < 4.78 is 43.5. The molecule has 1 aromatic heterocycles. The van der Waals surface area contributed by atoms with Gasteiger partial charge in [0.25, 0.3) is 0 Å². The number of carboxylic acid groups (broad SMARTS) is 1. The molecule has 0 atom stereocenters. The van der Waals surface area contributed by atoms with Crippen molar-refractivity contribution in [3.63, 3.8) is 0 Å². The molecule has 1 aliphatic rings. The van der Waals surface area contributed by atoms with Crippen LogP contribution < -0.4 is 9.64 Å². The molecule has 0 aliphatic carbocycles. The van der Waals surface area contributed by atoms with Crippen LogP contribution in [0.4, 0.5) is 15.0 Å². The molecule has 1 aliphatic heterocycles. The van der Waals surface area contributed by atoms with Crippen LogP contribution in [0.15, 0.2) is 29.4 Å². The Labute approximate surface area is 193 Å². The number of aromatic nitrogens is 2. The lowest BCUT2D eigenvalue weighted by molar-refractivity contribution is 0.125. The standard InChI is InChI=1S/C22H29FN4O5S/c1-14(2)27(12-16-7-9-26(10-8-16)22(28)29)20-15(3)21(25-13-24-20)32-19-6-5-17(11-18(19)23)33(4,30)31/h5-6,11,13-14,16H,7-10,12H2,1-4H3,(H,28,29). The summed E-state index contributed by atoms with van der Waals surface area (Å²) in [6, 6.07) is 3.58. The van der Waals surface area contributed by atoms with E-state index in [4.69, 9.17) is 9.84 Å². The number of rotatable bonds is 7. The molecule has 0 spiro atoms. The lowest BCUT2D eigenvalue weighted by Crippen LogP contribution is -2.43. The van der Waals surface area contributed by atoms with E-state index in [1.807, 2.05) is 13.8 Å². The molecule has 1 saturated heterocycles. The first-order valence-electron chi connectivity index (χ1n) is 10.7.